The Morgan fingerprint density at radius 1 is 0.885 bits per heavy atom. The van der Waals surface area contributed by atoms with Crippen molar-refractivity contribution in [2.75, 3.05) is 28.3 Å². The maximum Gasteiger partial charge on any atom is 0.282 e. The summed E-state index contributed by atoms with van der Waals surface area (Å²) in [6, 6.07) is 15.4. The molecular formula is C20H20N2O3S. The normalized spacial score (nSPS) is 10.5. The number of amides is 1. The van der Waals surface area contributed by atoms with Crippen LogP contribution in [0.1, 0.15) is 9.80 Å². The molecule has 1 heterocycles. The number of carbonyl (C=O) groups excluding carboxylic acids is 1. The molecule has 0 aliphatic heterocycles. The third-order valence-corrected chi connectivity index (χ3v) is 5.02. The molecule has 2 aromatic carbocycles. The van der Waals surface area contributed by atoms with E-state index < -0.39 is 0 Å². The molecule has 1 amide bonds. The van der Waals surface area contributed by atoms with Gasteiger partial charge in [-0.05, 0) is 54.1 Å². The number of hydrogen-bond acceptors (Lipinski definition) is 5. The second kappa shape index (κ2) is 7.58. The number of methoxy groups -OCH3 is 2. The molecule has 134 valence electrons. The summed E-state index contributed by atoms with van der Waals surface area (Å²) >= 11 is 1.39. The van der Waals surface area contributed by atoms with E-state index in [0.717, 1.165) is 33.2 Å². The standard InChI is InChI=1S/C20H20N2O3S/c1-22(2)20(23)19-21-17(13-5-9-15(24-3)10-6-13)18(26-19)14-7-11-16(25-4)12-8-14/h5-12H,1-4H3. The Bertz CT molecular complexity index is 835. The molecule has 0 atom stereocenters. The zero-order valence-electron chi connectivity index (χ0n) is 15.1. The predicted octanol–water partition coefficient (Wildman–Crippen LogP) is 4.20. The van der Waals surface area contributed by atoms with E-state index >= 15 is 0 Å². The average molecular weight is 368 g/mol. The van der Waals surface area contributed by atoms with E-state index in [2.05, 4.69) is 4.98 Å². The lowest BCUT2D eigenvalue weighted by atomic mass is 10.1. The van der Waals surface area contributed by atoms with Crippen LogP contribution in [0, 0.1) is 0 Å². The molecule has 0 saturated carbocycles. The number of benzene rings is 2. The molecule has 1 aromatic heterocycles. The van der Waals surface area contributed by atoms with E-state index in [1.54, 1.807) is 28.3 Å². The van der Waals surface area contributed by atoms with Crippen molar-refractivity contribution in [2.24, 2.45) is 0 Å². The highest BCUT2D eigenvalue weighted by Crippen LogP contribution is 2.38. The molecule has 0 radical (unpaired) electrons. The van der Waals surface area contributed by atoms with E-state index in [9.17, 15) is 4.79 Å². The molecule has 0 aliphatic rings. The first kappa shape index (κ1) is 17.9. The first-order chi connectivity index (χ1) is 12.5. The van der Waals surface area contributed by atoms with Gasteiger partial charge >= 0.3 is 0 Å². The summed E-state index contributed by atoms with van der Waals surface area (Å²) in [6.45, 7) is 0. The number of nitrogens with zero attached hydrogens (tertiary/aromatic N) is 2. The number of ether oxygens (including phenoxy) is 2. The molecular weight excluding hydrogens is 348 g/mol. The Morgan fingerprint density at radius 2 is 1.38 bits per heavy atom. The van der Waals surface area contributed by atoms with Crippen molar-refractivity contribution in [2.45, 2.75) is 0 Å². The van der Waals surface area contributed by atoms with Crippen molar-refractivity contribution in [3.05, 3.63) is 53.5 Å². The van der Waals surface area contributed by atoms with Crippen molar-refractivity contribution < 1.29 is 14.3 Å². The van der Waals surface area contributed by atoms with Crippen molar-refractivity contribution in [3.8, 4) is 33.2 Å². The Labute approximate surface area is 156 Å². The van der Waals surface area contributed by atoms with Crippen LogP contribution in [0.15, 0.2) is 48.5 Å². The summed E-state index contributed by atoms with van der Waals surface area (Å²) in [7, 11) is 6.72. The molecule has 3 rings (SSSR count). The zero-order chi connectivity index (χ0) is 18.7. The van der Waals surface area contributed by atoms with Gasteiger partial charge in [-0.2, -0.15) is 0 Å². The van der Waals surface area contributed by atoms with Gasteiger partial charge in [0.2, 0.25) is 0 Å². The minimum atomic E-state index is -0.107. The molecule has 0 saturated heterocycles. The van der Waals surface area contributed by atoms with Crippen molar-refractivity contribution in [3.63, 3.8) is 0 Å². The lowest BCUT2D eigenvalue weighted by molar-refractivity contribution is 0.0827. The fourth-order valence-electron chi connectivity index (χ4n) is 2.49. The molecule has 0 bridgehead atoms. The van der Waals surface area contributed by atoms with Crippen molar-refractivity contribution >= 4 is 17.2 Å². The summed E-state index contributed by atoms with van der Waals surface area (Å²) in [5.41, 5.74) is 2.71. The molecule has 0 unspecified atom stereocenters. The summed E-state index contributed by atoms with van der Waals surface area (Å²) < 4.78 is 10.5. The topological polar surface area (TPSA) is 51.7 Å². The maximum atomic E-state index is 12.4. The van der Waals surface area contributed by atoms with Crippen LogP contribution in [0.4, 0.5) is 0 Å². The van der Waals surface area contributed by atoms with E-state index in [4.69, 9.17) is 9.47 Å². The predicted molar refractivity (Wildman–Crippen MR) is 104 cm³/mol. The van der Waals surface area contributed by atoms with Gasteiger partial charge in [0.25, 0.3) is 5.91 Å². The molecule has 0 aliphatic carbocycles. The Kier molecular flexibility index (Phi) is 5.23. The van der Waals surface area contributed by atoms with Crippen LogP contribution in [0.2, 0.25) is 0 Å². The van der Waals surface area contributed by atoms with Crippen LogP contribution in [-0.2, 0) is 0 Å². The molecule has 6 heteroatoms. The van der Waals surface area contributed by atoms with Crippen LogP contribution in [0.25, 0.3) is 21.7 Å². The third-order valence-electron chi connectivity index (χ3n) is 3.93. The lowest BCUT2D eigenvalue weighted by Crippen LogP contribution is -2.21. The molecule has 26 heavy (non-hydrogen) atoms. The largest absolute Gasteiger partial charge is 0.497 e. The van der Waals surface area contributed by atoms with Crippen LogP contribution < -0.4 is 9.47 Å². The maximum absolute atomic E-state index is 12.4. The highest BCUT2D eigenvalue weighted by Gasteiger charge is 2.20. The third kappa shape index (κ3) is 3.55. The molecule has 0 spiro atoms. The zero-order valence-corrected chi connectivity index (χ0v) is 16.0. The number of aromatic nitrogens is 1. The highest BCUT2D eigenvalue weighted by atomic mass is 32.1. The summed E-state index contributed by atoms with van der Waals surface area (Å²) in [4.78, 5) is 19.5. The second-order valence-corrected chi connectivity index (χ2v) is 6.85. The minimum Gasteiger partial charge on any atom is -0.497 e. The van der Waals surface area contributed by atoms with Gasteiger partial charge in [0.15, 0.2) is 5.01 Å². The van der Waals surface area contributed by atoms with E-state index in [-0.39, 0.29) is 5.91 Å². The van der Waals surface area contributed by atoms with E-state index in [0.29, 0.717) is 5.01 Å². The van der Waals surface area contributed by atoms with Crippen molar-refractivity contribution in [1.29, 1.82) is 0 Å². The lowest BCUT2D eigenvalue weighted by Gasteiger charge is -2.06. The SMILES string of the molecule is COc1ccc(-c2nc(C(=O)N(C)C)sc2-c2ccc(OC)cc2)cc1. The Balaban J connectivity index is 2.11. The first-order valence-electron chi connectivity index (χ1n) is 8.05. The molecule has 0 N–H and O–H groups in total. The van der Waals surface area contributed by atoms with Crippen LogP contribution in [0.5, 0.6) is 11.5 Å². The Hall–Kier alpha value is -2.86. The van der Waals surface area contributed by atoms with Crippen LogP contribution >= 0.6 is 11.3 Å². The van der Waals surface area contributed by atoms with Gasteiger partial charge in [0, 0.05) is 19.7 Å². The summed E-state index contributed by atoms with van der Waals surface area (Å²) in [6.07, 6.45) is 0. The quantitative estimate of drug-likeness (QED) is 0.677. The van der Waals surface area contributed by atoms with Gasteiger partial charge in [-0.1, -0.05) is 0 Å². The molecule has 5 nitrogen and oxygen atoms in total. The van der Waals surface area contributed by atoms with Gasteiger partial charge < -0.3 is 14.4 Å². The van der Waals surface area contributed by atoms with E-state index in [1.165, 1.54) is 16.2 Å². The smallest absolute Gasteiger partial charge is 0.282 e. The number of hydrogen-bond donors (Lipinski definition) is 0. The number of thiazole rings is 1. The molecule has 0 fully saturated rings. The van der Waals surface area contributed by atoms with Crippen molar-refractivity contribution in [1.82, 2.24) is 9.88 Å². The van der Waals surface area contributed by atoms with Gasteiger partial charge in [0.05, 0.1) is 24.8 Å². The monoisotopic (exact) mass is 368 g/mol. The molecule has 3 aromatic rings. The summed E-state index contributed by atoms with van der Waals surface area (Å²) in [5, 5.41) is 0.464. The van der Waals surface area contributed by atoms with Crippen LogP contribution in [0.3, 0.4) is 0 Å². The van der Waals surface area contributed by atoms with E-state index in [1.807, 2.05) is 48.5 Å². The second-order valence-electron chi connectivity index (χ2n) is 5.85. The Morgan fingerprint density at radius 3 is 1.85 bits per heavy atom. The number of rotatable bonds is 5. The van der Waals surface area contributed by atoms with Gasteiger partial charge in [-0.3, -0.25) is 4.79 Å². The van der Waals surface area contributed by atoms with Gasteiger partial charge in [0.1, 0.15) is 11.5 Å². The van der Waals surface area contributed by atoms with Gasteiger partial charge in [-0.15, -0.1) is 11.3 Å². The minimum absolute atomic E-state index is 0.107. The highest BCUT2D eigenvalue weighted by molar-refractivity contribution is 7.17. The first-order valence-corrected chi connectivity index (χ1v) is 8.86. The summed E-state index contributed by atoms with van der Waals surface area (Å²) in [5.74, 6) is 1.46. The average Bonchev–Trinajstić information content (AvgIpc) is 3.12. The fraction of sp³-hybridized carbons (Fsp3) is 0.200. The van der Waals surface area contributed by atoms with Crippen LogP contribution in [-0.4, -0.2) is 44.1 Å². The number of carbonyl (C=O) groups is 1. The van der Waals surface area contributed by atoms with Gasteiger partial charge in [-0.25, -0.2) is 4.98 Å². The fourth-order valence-corrected chi connectivity index (χ4v) is 3.60.